The summed E-state index contributed by atoms with van der Waals surface area (Å²) in [5.74, 6) is -0.0327. The highest BCUT2D eigenvalue weighted by molar-refractivity contribution is 5.99. The second-order valence-corrected chi connectivity index (χ2v) is 2.99. The number of nitrogens with two attached hydrogens (primary N) is 1. The minimum Gasteiger partial charge on any atom is -0.324 e. The number of carbonyl (C=O) groups is 1. The molecule has 0 unspecified atom stereocenters. The summed E-state index contributed by atoms with van der Waals surface area (Å²) in [7, 11) is 0. The maximum Gasteiger partial charge on any atom is 0.180 e. The van der Waals surface area contributed by atoms with E-state index < -0.39 is 0 Å². The van der Waals surface area contributed by atoms with E-state index in [0.29, 0.717) is 5.56 Å². The van der Waals surface area contributed by atoms with Gasteiger partial charge >= 0.3 is 0 Å². The summed E-state index contributed by atoms with van der Waals surface area (Å²) >= 11 is 0. The number of nitrogens with zero attached hydrogens (tertiary/aromatic N) is 2. The van der Waals surface area contributed by atoms with Crippen LogP contribution in [0.15, 0.2) is 0 Å². The Bertz CT molecular complexity index is 328. The number of aromatic nitrogens is 2. The first-order valence-electron chi connectivity index (χ1n) is 4.39. The maximum absolute atomic E-state index is 11.4. The van der Waals surface area contributed by atoms with Gasteiger partial charge in [-0.2, -0.15) is 5.10 Å². The maximum atomic E-state index is 11.4. The van der Waals surface area contributed by atoms with Gasteiger partial charge in [0, 0.05) is 12.2 Å². The molecule has 0 atom stereocenters. The van der Waals surface area contributed by atoms with E-state index in [4.69, 9.17) is 5.73 Å². The minimum absolute atomic E-state index is 0.0327. The van der Waals surface area contributed by atoms with Gasteiger partial charge in [-0.05, 0) is 20.8 Å². The van der Waals surface area contributed by atoms with Crippen molar-refractivity contribution in [1.82, 2.24) is 9.78 Å². The van der Waals surface area contributed by atoms with Gasteiger partial charge < -0.3 is 5.73 Å². The van der Waals surface area contributed by atoms with E-state index in [1.54, 1.807) is 0 Å². The fourth-order valence-corrected chi connectivity index (χ4v) is 1.51. The third-order valence-corrected chi connectivity index (χ3v) is 2.15. The van der Waals surface area contributed by atoms with Crippen molar-refractivity contribution in [3.63, 3.8) is 0 Å². The second-order valence-electron chi connectivity index (χ2n) is 2.99. The standard InChI is InChI=1S/C9H15N3O/c1-4-12-7(3)9(6(2)11-12)8(13)5-10/h4-5,10H2,1-3H3. The van der Waals surface area contributed by atoms with Crippen molar-refractivity contribution in [1.29, 1.82) is 0 Å². The van der Waals surface area contributed by atoms with Gasteiger partial charge in [-0.1, -0.05) is 0 Å². The predicted molar refractivity (Wildman–Crippen MR) is 50.8 cm³/mol. The van der Waals surface area contributed by atoms with Crippen LogP contribution >= 0.6 is 0 Å². The molecule has 1 rings (SSSR count). The molecule has 0 saturated heterocycles. The van der Waals surface area contributed by atoms with Gasteiger partial charge in [-0.15, -0.1) is 0 Å². The molecular weight excluding hydrogens is 166 g/mol. The molecule has 1 heterocycles. The molecule has 1 aromatic rings. The molecule has 0 aliphatic rings. The van der Waals surface area contributed by atoms with Crippen LogP contribution in [0.4, 0.5) is 0 Å². The van der Waals surface area contributed by atoms with Gasteiger partial charge in [-0.3, -0.25) is 9.48 Å². The van der Waals surface area contributed by atoms with E-state index in [2.05, 4.69) is 5.10 Å². The zero-order valence-electron chi connectivity index (χ0n) is 8.29. The molecule has 13 heavy (non-hydrogen) atoms. The quantitative estimate of drug-likeness (QED) is 0.697. The normalized spacial score (nSPS) is 10.5. The zero-order chi connectivity index (χ0) is 10.0. The van der Waals surface area contributed by atoms with E-state index in [0.717, 1.165) is 17.9 Å². The van der Waals surface area contributed by atoms with Crippen molar-refractivity contribution < 1.29 is 4.79 Å². The molecule has 0 aliphatic carbocycles. The van der Waals surface area contributed by atoms with E-state index in [1.165, 1.54) is 0 Å². The van der Waals surface area contributed by atoms with Crippen LogP contribution in [0.1, 0.15) is 28.7 Å². The highest BCUT2D eigenvalue weighted by Crippen LogP contribution is 2.12. The van der Waals surface area contributed by atoms with Crippen molar-refractivity contribution in [2.75, 3.05) is 6.54 Å². The Morgan fingerprint density at radius 1 is 1.54 bits per heavy atom. The molecule has 4 nitrogen and oxygen atoms in total. The van der Waals surface area contributed by atoms with Crippen molar-refractivity contribution >= 4 is 5.78 Å². The number of carbonyl (C=O) groups excluding carboxylic acids is 1. The Kier molecular flexibility index (Phi) is 2.83. The van der Waals surface area contributed by atoms with Crippen LogP contribution in [0, 0.1) is 13.8 Å². The number of hydrogen-bond acceptors (Lipinski definition) is 3. The largest absolute Gasteiger partial charge is 0.324 e. The first-order chi connectivity index (χ1) is 6.11. The molecule has 2 N–H and O–H groups in total. The average molecular weight is 181 g/mol. The third kappa shape index (κ3) is 1.62. The van der Waals surface area contributed by atoms with Gasteiger partial charge in [0.25, 0.3) is 0 Å². The Labute approximate surface area is 77.7 Å². The summed E-state index contributed by atoms with van der Waals surface area (Å²) in [5.41, 5.74) is 7.68. The number of Topliss-reactive ketones (excluding diaryl/α,β-unsaturated/α-hetero) is 1. The van der Waals surface area contributed by atoms with Gasteiger partial charge in [0.2, 0.25) is 0 Å². The summed E-state index contributed by atoms with van der Waals surface area (Å²) in [6.07, 6.45) is 0. The summed E-state index contributed by atoms with van der Waals surface area (Å²) in [6.45, 7) is 6.56. The summed E-state index contributed by atoms with van der Waals surface area (Å²) in [6, 6.07) is 0. The smallest absolute Gasteiger partial charge is 0.180 e. The van der Waals surface area contributed by atoms with E-state index >= 15 is 0 Å². The lowest BCUT2D eigenvalue weighted by Gasteiger charge is -1.99. The lowest BCUT2D eigenvalue weighted by atomic mass is 10.1. The number of hydrogen-bond donors (Lipinski definition) is 1. The highest BCUT2D eigenvalue weighted by Gasteiger charge is 2.15. The molecule has 72 valence electrons. The molecule has 4 heteroatoms. The third-order valence-electron chi connectivity index (χ3n) is 2.15. The van der Waals surface area contributed by atoms with Crippen LogP contribution in [0.2, 0.25) is 0 Å². The first kappa shape index (κ1) is 9.92. The van der Waals surface area contributed by atoms with Crippen LogP contribution in [0.25, 0.3) is 0 Å². The monoisotopic (exact) mass is 181 g/mol. The summed E-state index contributed by atoms with van der Waals surface area (Å²) in [5, 5.41) is 4.24. The topological polar surface area (TPSA) is 60.9 Å². The number of aryl methyl sites for hydroxylation is 2. The Morgan fingerprint density at radius 2 is 2.15 bits per heavy atom. The molecule has 0 amide bonds. The fraction of sp³-hybridized carbons (Fsp3) is 0.556. The van der Waals surface area contributed by atoms with Crippen LogP contribution in [-0.4, -0.2) is 22.1 Å². The average Bonchev–Trinajstić information content (AvgIpc) is 2.40. The van der Waals surface area contributed by atoms with Crippen molar-refractivity contribution in [2.24, 2.45) is 5.73 Å². The molecule has 0 bridgehead atoms. The molecule has 1 aromatic heterocycles. The van der Waals surface area contributed by atoms with E-state index in [1.807, 2.05) is 25.5 Å². The Hall–Kier alpha value is -1.16. The van der Waals surface area contributed by atoms with Crippen LogP contribution in [0.3, 0.4) is 0 Å². The van der Waals surface area contributed by atoms with Crippen LogP contribution in [-0.2, 0) is 6.54 Å². The summed E-state index contributed by atoms with van der Waals surface area (Å²) in [4.78, 5) is 11.4. The number of ketones is 1. The van der Waals surface area contributed by atoms with Gasteiger partial charge in [0.1, 0.15) is 0 Å². The van der Waals surface area contributed by atoms with Crippen LogP contribution < -0.4 is 5.73 Å². The Balaban J connectivity index is 3.20. The second kappa shape index (κ2) is 3.70. The molecule has 0 saturated carbocycles. The van der Waals surface area contributed by atoms with Crippen molar-refractivity contribution in [2.45, 2.75) is 27.3 Å². The molecule has 0 fully saturated rings. The fourth-order valence-electron chi connectivity index (χ4n) is 1.51. The van der Waals surface area contributed by atoms with Gasteiger partial charge in [0.05, 0.1) is 17.8 Å². The lowest BCUT2D eigenvalue weighted by Crippen LogP contribution is -2.15. The van der Waals surface area contributed by atoms with E-state index in [9.17, 15) is 4.79 Å². The van der Waals surface area contributed by atoms with Crippen molar-refractivity contribution in [3.8, 4) is 0 Å². The molecule has 0 radical (unpaired) electrons. The first-order valence-corrected chi connectivity index (χ1v) is 4.39. The van der Waals surface area contributed by atoms with Crippen LogP contribution in [0.5, 0.6) is 0 Å². The molecule has 0 spiro atoms. The predicted octanol–water partition coefficient (Wildman–Crippen LogP) is 0.661. The minimum atomic E-state index is -0.0327. The van der Waals surface area contributed by atoms with Crippen molar-refractivity contribution in [3.05, 3.63) is 17.0 Å². The SMILES string of the molecule is CCn1nc(C)c(C(=O)CN)c1C. The zero-order valence-corrected chi connectivity index (χ0v) is 8.29. The summed E-state index contributed by atoms with van der Waals surface area (Å²) < 4.78 is 1.82. The Morgan fingerprint density at radius 3 is 2.54 bits per heavy atom. The van der Waals surface area contributed by atoms with E-state index in [-0.39, 0.29) is 12.3 Å². The van der Waals surface area contributed by atoms with Gasteiger partial charge in [-0.25, -0.2) is 0 Å². The molecular formula is C9H15N3O. The highest BCUT2D eigenvalue weighted by atomic mass is 16.1. The molecule has 0 aromatic carbocycles. The van der Waals surface area contributed by atoms with Gasteiger partial charge in [0.15, 0.2) is 5.78 Å². The lowest BCUT2D eigenvalue weighted by molar-refractivity contribution is 0.1000. The molecule has 0 aliphatic heterocycles. The number of rotatable bonds is 3.